The van der Waals surface area contributed by atoms with E-state index in [0.29, 0.717) is 5.82 Å². The molecular weight excluding hydrogens is 262 g/mol. The molecule has 0 unspecified atom stereocenters. The van der Waals surface area contributed by atoms with Crippen molar-refractivity contribution in [2.45, 2.75) is 26.3 Å². The Morgan fingerprint density at radius 3 is 2.95 bits per heavy atom. The number of H-pyrrole nitrogens is 2. The van der Waals surface area contributed by atoms with E-state index in [9.17, 15) is 14.4 Å². The number of anilines is 1. The average molecular weight is 277 g/mol. The predicted octanol–water partition coefficient (Wildman–Crippen LogP) is -0.149. The van der Waals surface area contributed by atoms with Crippen LogP contribution >= 0.6 is 0 Å². The van der Waals surface area contributed by atoms with Crippen LogP contribution in [0.5, 0.6) is 0 Å². The van der Waals surface area contributed by atoms with Crippen LogP contribution in [0.25, 0.3) is 0 Å². The Labute approximate surface area is 113 Å². The van der Waals surface area contributed by atoms with Crippen molar-refractivity contribution in [3.8, 4) is 0 Å². The molecule has 2 heterocycles. The molecule has 0 bridgehead atoms. The number of aromatic nitrogens is 4. The second-order valence-corrected chi connectivity index (χ2v) is 4.31. The van der Waals surface area contributed by atoms with E-state index in [1.54, 1.807) is 6.07 Å². The van der Waals surface area contributed by atoms with E-state index in [1.165, 1.54) is 0 Å². The fourth-order valence-corrected chi connectivity index (χ4v) is 1.73. The Morgan fingerprint density at radius 2 is 2.20 bits per heavy atom. The molecule has 0 aromatic carbocycles. The van der Waals surface area contributed by atoms with Gasteiger partial charge in [-0.1, -0.05) is 13.3 Å². The van der Waals surface area contributed by atoms with Crippen LogP contribution < -0.4 is 16.4 Å². The van der Waals surface area contributed by atoms with Crippen molar-refractivity contribution in [2.75, 3.05) is 5.32 Å². The molecule has 0 spiro atoms. The van der Waals surface area contributed by atoms with Gasteiger partial charge in [0.1, 0.15) is 6.54 Å². The molecule has 0 aliphatic carbocycles. The molecule has 0 atom stereocenters. The Balaban J connectivity index is 2.03. The van der Waals surface area contributed by atoms with E-state index in [1.807, 2.05) is 6.92 Å². The first-order valence-corrected chi connectivity index (χ1v) is 6.23. The largest absolute Gasteiger partial charge is 0.308 e. The topological polar surface area (TPSA) is 113 Å². The Kier molecular flexibility index (Phi) is 4.14. The summed E-state index contributed by atoms with van der Waals surface area (Å²) >= 11 is 0. The minimum absolute atomic E-state index is 0.273. The summed E-state index contributed by atoms with van der Waals surface area (Å²) in [5.74, 6) is -0.0479. The van der Waals surface area contributed by atoms with E-state index >= 15 is 0 Å². The van der Waals surface area contributed by atoms with Gasteiger partial charge in [-0.05, 0) is 6.42 Å². The zero-order valence-electron chi connectivity index (χ0n) is 11.0. The van der Waals surface area contributed by atoms with Crippen molar-refractivity contribution in [3.05, 3.63) is 44.6 Å². The lowest BCUT2D eigenvalue weighted by Gasteiger charge is -2.04. The SMILES string of the molecule is CCCc1cc(NC(=O)Cn2[nH]c(=O)ccc2=O)n[nH]1. The third-order valence-corrected chi connectivity index (χ3v) is 2.61. The molecule has 2 aromatic heterocycles. The second kappa shape index (κ2) is 6.00. The third kappa shape index (κ3) is 3.44. The summed E-state index contributed by atoms with van der Waals surface area (Å²) in [5.41, 5.74) is 0.0314. The number of nitrogens with zero attached hydrogens (tertiary/aromatic N) is 2. The molecule has 2 aromatic rings. The van der Waals surface area contributed by atoms with Crippen molar-refractivity contribution in [3.63, 3.8) is 0 Å². The first-order valence-electron chi connectivity index (χ1n) is 6.23. The summed E-state index contributed by atoms with van der Waals surface area (Å²) < 4.78 is 0.942. The van der Waals surface area contributed by atoms with Gasteiger partial charge in [0, 0.05) is 23.9 Å². The maximum Gasteiger partial charge on any atom is 0.265 e. The van der Waals surface area contributed by atoms with Gasteiger partial charge in [0.2, 0.25) is 5.91 Å². The van der Waals surface area contributed by atoms with E-state index in [-0.39, 0.29) is 6.54 Å². The quantitative estimate of drug-likeness (QED) is 0.705. The van der Waals surface area contributed by atoms with Crippen molar-refractivity contribution >= 4 is 11.7 Å². The molecule has 20 heavy (non-hydrogen) atoms. The summed E-state index contributed by atoms with van der Waals surface area (Å²) in [6.45, 7) is 1.77. The normalized spacial score (nSPS) is 10.4. The molecule has 0 saturated heterocycles. The molecule has 0 aliphatic heterocycles. The second-order valence-electron chi connectivity index (χ2n) is 4.31. The number of hydrogen-bond donors (Lipinski definition) is 3. The van der Waals surface area contributed by atoms with E-state index in [2.05, 4.69) is 20.6 Å². The number of rotatable bonds is 5. The zero-order chi connectivity index (χ0) is 14.5. The van der Waals surface area contributed by atoms with Crippen LogP contribution in [0.15, 0.2) is 27.8 Å². The van der Waals surface area contributed by atoms with Gasteiger partial charge in [0.25, 0.3) is 11.1 Å². The van der Waals surface area contributed by atoms with E-state index in [0.717, 1.165) is 35.4 Å². The molecule has 0 radical (unpaired) electrons. The van der Waals surface area contributed by atoms with Crippen LogP contribution in [0.4, 0.5) is 5.82 Å². The summed E-state index contributed by atoms with van der Waals surface area (Å²) in [7, 11) is 0. The first-order chi connectivity index (χ1) is 9.58. The molecule has 0 saturated carbocycles. The smallest absolute Gasteiger partial charge is 0.265 e. The molecule has 106 valence electrons. The fraction of sp³-hybridized carbons (Fsp3) is 0.333. The molecule has 8 heteroatoms. The standard InChI is InChI=1S/C12H15N5O3/c1-2-3-8-6-9(15-14-8)13-11(19)7-17-12(20)5-4-10(18)16-17/h4-6H,2-3,7H2,1H3,(H,16,18)(H2,13,14,15,19). The molecule has 8 nitrogen and oxygen atoms in total. The Hall–Kier alpha value is -2.64. The van der Waals surface area contributed by atoms with Crippen LogP contribution in [-0.2, 0) is 17.8 Å². The number of nitrogens with one attached hydrogen (secondary N) is 3. The van der Waals surface area contributed by atoms with Gasteiger partial charge in [-0.2, -0.15) is 5.10 Å². The number of hydrogen-bond acceptors (Lipinski definition) is 4. The van der Waals surface area contributed by atoms with Crippen molar-refractivity contribution in [1.82, 2.24) is 20.0 Å². The lowest BCUT2D eigenvalue weighted by Crippen LogP contribution is -2.32. The van der Waals surface area contributed by atoms with E-state index < -0.39 is 17.0 Å². The lowest BCUT2D eigenvalue weighted by atomic mass is 10.2. The van der Waals surface area contributed by atoms with Crippen LogP contribution in [0.2, 0.25) is 0 Å². The van der Waals surface area contributed by atoms with Gasteiger partial charge in [-0.15, -0.1) is 0 Å². The lowest BCUT2D eigenvalue weighted by molar-refractivity contribution is -0.117. The third-order valence-electron chi connectivity index (χ3n) is 2.61. The number of aryl methyl sites for hydroxylation is 1. The fourth-order valence-electron chi connectivity index (χ4n) is 1.73. The number of aromatic amines is 2. The van der Waals surface area contributed by atoms with Gasteiger partial charge in [-0.3, -0.25) is 24.6 Å². The van der Waals surface area contributed by atoms with Crippen LogP contribution in [0, 0.1) is 0 Å². The highest BCUT2D eigenvalue weighted by atomic mass is 16.2. The molecule has 3 N–H and O–H groups in total. The van der Waals surface area contributed by atoms with E-state index in [4.69, 9.17) is 0 Å². The van der Waals surface area contributed by atoms with Crippen molar-refractivity contribution < 1.29 is 4.79 Å². The summed E-state index contributed by atoms with van der Waals surface area (Å²) in [5, 5.41) is 11.6. The first kappa shape index (κ1) is 13.8. The highest BCUT2D eigenvalue weighted by Crippen LogP contribution is 2.06. The van der Waals surface area contributed by atoms with Crippen LogP contribution in [-0.4, -0.2) is 25.9 Å². The molecule has 1 amide bonds. The van der Waals surface area contributed by atoms with Gasteiger partial charge >= 0.3 is 0 Å². The van der Waals surface area contributed by atoms with Crippen LogP contribution in [0.3, 0.4) is 0 Å². The highest BCUT2D eigenvalue weighted by molar-refractivity contribution is 5.89. The predicted molar refractivity (Wildman–Crippen MR) is 72.5 cm³/mol. The van der Waals surface area contributed by atoms with Crippen LogP contribution in [0.1, 0.15) is 19.0 Å². The summed E-state index contributed by atoms with van der Waals surface area (Å²) in [6, 6.07) is 3.96. The average Bonchev–Trinajstić information content (AvgIpc) is 2.81. The Morgan fingerprint density at radius 1 is 1.40 bits per heavy atom. The minimum atomic E-state index is -0.451. The molecule has 0 aliphatic rings. The summed E-state index contributed by atoms with van der Waals surface area (Å²) in [6.07, 6.45) is 1.81. The van der Waals surface area contributed by atoms with Crippen molar-refractivity contribution in [1.29, 1.82) is 0 Å². The Bertz CT molecular complexity index is 712. The maximum absolute atomic E-state index is 11.8. The number of carbonyl (C=O) groups is 1. The highest BCUT2D eigenvalue weighted by Gasteiger charge is 2.08. The van der Waals surface area contributed by atoms with Gasteiger partial charge in [0.15, 0.2) is 5.82 Å². The minimum Gasteiger partial charge on any atom is -0.308 e. The molecule has 2 rings (SSSR count). The maximum atomic E-state index is 11.8. The van der Waals surface area contributed by atoms with Gasteiger partial charge in [-0.25, -0.2) is 4.68 Å². The molecular formula is C12H15N5O3. The summed E-state index contributed by atoms with van der Waals surface area (Å²) in [4.78, 5) is 34.3. The van der Waals surface area contributed by atoms with Gasteiger partial charge in [0.05, 0.1) is 0 Å². The zero-order valence-corrected chi connectivity index (χ0v) is 11.0. The van der Waals surface area contributed by atoms with Gasteiger partial charge < -0.3 is 5.32 Å². The molecule has 0 fully saturated rings. The number of amides is 1. The monoisotopic (exact) mass is 277 g/mol. The number of carbonyl (C=O) groups excluding carboxylic acids is 1. The van der Waals surface area contributed by atoms with Crippen molar-refractivity contribution in [2.24, 2.45) is 0 Å².